The number of amides is 3. The van der Waals surface area contributed by atoms with Gasteiger partial charge in [-0.2, -0.15) is 0 Å². The molecule has 0 saturated heterocycles. The lowest BCUT2D eigenvalue weighted by atomic mass is 9.87. The SMILES string of the molecule is CC1=CC(C)(C)N(C(=O)[C@H](Cc2ccccc2)N2C(=O)c3ccccc3C2=O)c2ccccc21. The number of hydrogen-bond donors (Lipinski definition) is 0. The van der Waals surface area contributed by atoms with E-state index in [0.29, 0.717) is 11.1 Å². The predicted octanol–water partition coefficient (Wildman–Crippen LogP) is 5.12. The van der Waals surface area contributed by atoms with Crippen LogP contribution in [0.5, 0.6) is 0 Å². The first-order chi connectivity index (χ1) is 16.3. The highest BCUT2D eigenvalue weighted by Crippen LogP contribution is 2.40. The molecule has 3 aromatic rings. The highest BCUT2D eigenvalue weighted by atomic mass is 16.2. The van der Waals surface area contributed by atoms with E-state index < -0.39 is 23.4 Å². The van der Waals surface area contributed by atoms with E-state index in [1.807, 2.05) is 75.4 Å². The summed E-state index contributed by atoms with van der Waals surface area (Å²) >= 11 is 0. The van der Waals surface area contributed by atoms with Crippen molar-refractivity contribution in [1.29, 1.82) is 0 Å². The van der Waals surface area contributed by atoms with Crippen molar-refractivity contribution in [3.8, 4) is 0 Å². The second-order valence-corrected chi connectivity index (χ2v) is 9.40. The normalized spacial score (nSPS) is 17.2. The molecule has 0 spiro atoms. The molecule has 0 fully saturated rings. The summed E-state index contributed by atoms with van der Waals surface area (Å²) in [4.78, 5) is 44.1. The second kappa shape index (κ2) is 8.10. The molecule has 5 rings (SSSR count). The molecule has 0 aliphatic carbocycles. The maximum Gasteiger partial charge on any atom is 0.262 e. The van der Waals surface area contributed by atoms with Crippen LogP contribution in [0.15, 0.2) is 84.9 Å². The van der Waals surface area contributed by atoms with Crippen LogP contribution < -0.4 is 4.90 Å². The van der Waals surface area contributed by atoms with Gasteiger partial charge in [0.1, 0.15) is 6.04 Å². The van der Waals surface area contributed by atoms with Crippen LogP contribution in [0, 0.1) is 0 Å². The molecule has 34 heavy (non-hydrogen) atoms. The predicted molar refractivity (Wildman–Crippen MR) is 133 cm³/mol. The maximum atomic E-state index is 14.4. The van der Waals surface area contributed by atoms with Gasteiger partial charge in [0.25, 0.3) is 17.7 Å². The molecule has 0 aromatic heterocycles. The van der Waals surface area contributed by atoms with Gasteiger partial charge < -0.3 is 4.90 Å². The van der Waals surface area contributed by atoms with E-state index in [2.05, 4.69) is 6.08 Å². The minimum atomic E-state index is -0.978. The molecule has 5 nitrogen and oxygen atoms in total. The Morgan fingerprint density at radius 2 is 1.32 bits per heavy atom. The number of hydrogen-bond acceptors (Lipinski definition) is 3. The Morgan fingerprint density at radius 1 is 0.794 bits per heavy atom. The number of benzene rings is 3. The Labute approximate surface area is 199 Å². The number of fused-ring (bicyclic) bond motifs is 2. The van der Waals surface area contributed by atoms with Crippen LogP contribution in [0.25, 0.3) is 5.57 Å². The third kappa shape index (κ3) is 3.45. The van der Waals surface area contributed by atoms with Crippen molar-refractivity contribution < 1.29 is 14.4 Å². The number of allylic oxidation sites excluding steroid dienone is 1. The highest BCUT2D eigenvalue weighted by Gasteiger charge is 2.47. The standard InChI is InChI=1S/C29H26N2O3/c1-19-18-29(2,3)31(24-16-10-9-13-21(19)24)28(34)25(17-20-11-5-4-6-12-20)30-26(32)22-14-7-8-15-23(22)27(30)33/h4-16,18,25H,17H2,1-3H3/t25-/m0/s1. The van der Waals surface area contributed by atoms with E-state index in [9.17, 15) is 14.4 Å². The molecule has 0 radical (unpaired) electrons. The molecule has 0 N–H and O–H groups in total. The molecule has 5 heteroatoms. The van der Waals surface area contributed by atoms with E-state index in [0.717, 1.165) is 27.3 Å². The van der Waals surface area contributed by atoms with Crippen LogP contribution in [0.1, 0.15) is 52.6 Å². The van der Waals surface area contributed by atoms with Gasteiger partial charge in [-0.25, -0.2) is 0 Å². The van der Waals surface area contributed by atoms with Crippen molar-refractivity contribution in [2.75, 3.05) is 4.90 Å². The molecule has 2 aliphatic heterocycles. The van der Waals surface area contributed by atoms with Gasteiger partial charge in [-0.3, -0.25) is 19.3 Å². The number of nitrogens with zero attached hydrogens (tertiary/aromatic N) is 2. The highest BCUT2D eigenvalue weighted by molar-refractivity contribution is 6.23. The fourth-order valence-electron chi connectivity index (χ4n) is 5.15. The van der Waals surface area contributed by atoms with Gasteiger partial charge in [0, 0.05) is 12.0 Å². The average molecular weight is 451 g/mol. The van der Waals surface area contributed by atoms with Gasteiger partial charge in [0.05, 0.1) is 22.4 Å². The van der Waals surface area contributed by atoms with E-state index in [4.69, 9.17) is 0 Å². The lowest BCUT2D eigenvalue weighted by Crippen LogP contribution is -2.58. The summed E-state index contributed by atoms with van der Waals surface area (Å²) in [6.45, 7) is 5.99. The first-order valence-electron chi connectivity index (χ1n) is 11.4. The lowest BCUT2D eigenvalue weighted by molar-refractivity contribution is -0.123. The number of imide groups is 1. The molecule has 0 saturated carbocycles. The van der Waals surface area contributed by atoms with Crippen LogP contribution in [-0.2, 0) is 11.2 Å². The molecule has 0 bridgehead atoms. The molecular formula is C29H26N2O3. The number of carbonyl (C=O) groups excluding carboxylic acids is 3. The van der Waals surface area contributed by atoms with E-state index in [-0.39, 0.29) is 12.3 Å². The lowest BCUT2D eigenvalue weighted by Gasteiger charge is -2.44. The summed E-state index contributed by atoms with van der Waals surface area (Å²) in [5, 5.41) is 0. The molecule has 170 valence electrons. The second-order valence-electron chi connectivity index (χ2n) is 9.40. The summed E-state index contributed by atoms with van der Waals surface area (Å²) < 4.78 is 0. The third-order valence-corrected chi connectivity index (χ3v) is 6.63. The maximum absolute atomic E-state index is 14.4. The minimum Gasteiger partial charge on any atom is -0.301 e. The summed E-state index contributed by atoms with van der Waals surface area (Å²) in [6, 6.07) is 23.1. The van der Waals surface area contributed by atoms with Gasteiger partial charge in [-0.15, -0.1) is 0 Å². The van der Waals surface area contributed by atoms with Gasteiger partial charge in [-0.1, -0.05) is 66.7 Å². The fourth-order valence-corrected chi connectivity index (χ4v) is 5.15. The first kappa shape index (κ1) is 21.8. The average Bonchev–Trinajstić information content (AvgIpc) is 3.07. The van der Waals surface area contributed by atoms with Crippen molar-refractivity contribution in [2.45, 2.75) is 38.8 Å². The number of anilines is 1. The molecule has 1 atom stereocenters. The van der Waals surface area contributed by atoms with Crippen molar-refractivity contribution in [1.82, 2.24) is 4.90 Å². The van der Waals surface area contributed by atoms with Gasteiger partial charge in [0.2, 0.25) is 0 Å². The minimum absolute atomic E-state index is 0.239. The van der Waals surface area contributed by atoms with Crippen LogP contribution in [0.3, 0.4) is 0 Å². The first-order valence-corrected chi connectivity index (χ1v) is 11.4. The zero-order valence-electron chi connectivity index (χ0n) is 19.5. The Hall–Kier alpha value is -3.99. The summed E-state index contributed by atoms with van der Waals surface area (Å²) in [5.74, 6) is -1.13. The molecular weight excluding hydrogens is 424 g/mol. The van der Waals surface area contributed by atoms with Crippen LogP contribution >= 0.6 is 0 Å². The van der Waals surface area contributed by atoms with Crippen LogP contribution in [0.4, 0.5) is 5.69 Å². The van der Waals surface area contributed by atoms with Gasteiger partial charge in [0.15, 0.2) is 0 Å². The van der Waals surface area contributed by atoms with Crippen LogP contribution in [0.2, 0.25) is 0 Å². The topological polar surface area (TPSA) is 57.7 Å². The monoisotopic (exact) mass is 450 g/mol. The summed E-state index contributed by atoms with van der Waals surface area (Å²) in [6.07, 6.45) is 2.30. The van der Waals surface area contributed by atoms with E-state index >= 15 is 0 Å². The van der Waals surface area contributed by atoms with Gasteiger partial charge in [-0.05, 0) is 50.1 Å². The number of para-hydroxylation sites is 1. The van der Waals surface area contributed by atoms with Crippen molar-refractivity contribution in [2.24, 2.45) is 0 Å². The molecule has 3 amide bonds. The van der Waals surface area contributed by atoms with Crippen molar-refractivity contribution in [3.05, 3.63) is 107 Å². The van der Waals surface area contributed by atoms with Crippen molar-refractivity contribution >= 4 is 29.0 Å². The van der Waals surface area contributed by atoms with E-state index in [1.165, 1.54) is 0 Å². The fraction of sp³-hybridized carbons (Fsp3) is 0.207. The van der Waals surface area contributed by atoms with E-state index in [1.54, 1.807) is 29.2 Å². The largest absolute Gasteiger partial charge is 0.301 e. The Balaban J connectivity index is 1.62. The van der Waals surface area contributed by atoms with Crippen LogP contribution in [-0.4, -0.2) is 34.2 Å². The third-order valence-electron chi connectivity index (χ3n) is 6.63. The molecule has 2 heterocycles. The Bertz CT molecular complexity index is 1310. The molecule has 3 aromatic carbocycles. The zero-order valence-corrected chi connectivity index (χ0v) is 19.5. The molecule has 0 unspecified atom stereocenters. The Morgan fingerprint density at radius 3 is 1.94 bits per heavy atom. The van der Waals surface area contributed by atoms with Crippen molar-refractivity contribution in [3.63, 3.8) is 0 Å². The smallest absolute Gasteiger partial charge is 0.262 e. The van der Waals surface area contributed by atoms with Gasteiger partial charge >= 0.3 is 0 Å². The quantitative estimate of drug-likeness (QED) is 0.518. The summed E-state index contributed by atoms with van der Waals surface area (Å²) in [7, 11) is 0. The molecule has 2 aliphatic rings. The number of carbonyl (C=O) groups is 3. The number of rotatable bonds is 4. The summed E-state index contributed by atoms with van der Waals surface area (Å²) in [5.41, 5.74) is 3.77. The Kier molecular flexibility index (Phi) is 5.20. The zero-order chi connectivity index (χ0) is 24.0.